The van der Waals surface area contributed by atoms with E-state index in [1.54, 1.807) is 11.4 Å². The topological polar surface area (TPSA) is 65.4 Å². The zero-order valence-corrected chi connectivity index (χ0v) is 14.7. The van der Waals surface area contributed by atoms with Crippen LogP contribution in [0.5, 0.6) is 5.75 Å². The van der Waals surface area contributed by atoms with E-state index in [1.165, 1.54) is 16.9 Å². The number of nitrogens with one attached hydrogen (secondary N) is 1. The molecule has 0 radical (unpaired) electrons. The summed E-state index contributed by atoms with van der Waals surface area (Å²) in [5.41, 5.74) is 1.71. The first-order valence-electron chi connectivity index (χ1n) is 7.74. The van der Waals surface area contributed by atoms with E-state index in [1.807, 2.05) is 43.1 Å². The molecule has 0 unspecified atom stereocenters. The van der Waals surface area contributed by atoms with Crippen LogP contribution in [0.15, 0.2) is 35.7 Å². The number of carbonyl (C=O) groups is 1. The van der Waals surface area contributed by atoms with Crippen LogP contribution in [0.25, 0.3) is 0 Å². The number of ether oxygens (including phenoxy) is 1. The van der Waals surface area contributed by atoms with Crippen LogP contribution < -0.4 is 10.1 Å². The van der Waals surface area contributed by atoms with Crippen molar-refractivity contribution in [1.29, 1.82) is 5.26 Å². The molecule has 6 heteroatoms. The molecule has 0 atom stereocenters. The molecule has 126 valence electrons. The molecule has 1 aromatic heterocycles. The maximum Gasteiger partial charge on any atom is 0.226 e. The summed E-state index contributed by atoms with van der Waals surface area (Å²) in [5.74, 6) is 0.772. The third-order valence-electron chi connectivity index (χ3n) is 3.52. The van der Waals surface area contributed by atoms with E-state index in [0.717, 1.165) is 12.3 Å². The second-order valence-corrected chi connectivity index (χ2v) is 6.45. The van der Waals surface area contributed by atoms with Crippen LogP contribution in [0.3, 0.4) is 0 Å². The van der Waals surface area contributed by atoms with Gasteiger partial charge in [0, 0.05) is 19.5 Å². The number of nitriles is 1. The minimum absolute atomic E-state index is 0.0831. The van der Waals surface area contributed by atoms with Gasteiger partial charge < -0.3 is 15.0 Å². The Morgan fingerprint density at radius 2 is 2.04 bits per heavy atom. The fraction of sp³-hybridized carbons (Fsp3) is 0.333. The first kappa shape index (κ1) is 18.0. The molecule has 1 aromatic carbocycles. The highest BCUT2D eigenvalue weighted by atomic mass is 32.1. The molecule has 0 saturated heterocycles. The van der Waals surface area contributed by atoms with Crippen molar-refractivity contribution in [2.75, 3.05) is 32.1 Å². The number of hydrogen-bond donors (Lipinski definition) is 1. The minimum atomic E-state index is -0.0831. The lowest BCUT2D eigenvalue weighted by Crippen LogP contribution is -2.28. The van der Waals surface area contributed by atoms with Crippen molar-refractivity contribution >= 4 is 22.2 Å². The second kappa shape index (κ2) is 9.06. The number of benzene rings is 1. The zero-order valence-electron chi connectivity index (χ0n) is 13.9. The number of thiophene rings is 1. The number of carbonyl (C=O) groups excluding carboxylic acids is 1. The fourth-order valence-electron chi connectivity index (χ4n) is 2.04. The third kappa shape index (κ3) is 5.69. The van der Waals surface area contributed by atoms with Gasteiger partial charge in [-0.1, -0.05) is 17.7 Å². The second-order valence-electron chi connectivity index (χ2n) is 5.54. The molecule has 1 heterocycles. The molecule has 0 aliphatic rings. The lowest BCUT2D eigenvalue weighted by Gasteiger charge is -2.16. The molecule has 2 aromatic rings. The van der Waals surface area contributed by atoms with E-state index in [9.17, 15) is 4.79 Å². The molecule has 5 nitrogen and oxygen atoms in total. The summed E-state index contributed by atoms with van der Waals surface area (Å²) >= 11 is 1.36. The van der Waals surface area contributed by atoms with Gasteiger partial charge in [0.05, 0.1) is 5.56 Å². The number of likely N-dealkylation sites (N-methyl/N-ethyl adjacent to an activating group) is 1. The van der Waals surface area contributed by atoms with Gasteiger partial charge in [-0.05, 0) is 37.6 Å². The Labute approximate surface area is 146 Å². The Morgan fingerprint density at radius 1 is 1.29 bits per heavy atom. The quantitative estimate of drug-likeness (QED) is 0.799. The van der Waals surface area contributed by atoms with E-state index in [2.05, 4.69) is 11.4 Å². The van der Waals surface area contributed by atoms with Gasteiger partial charge in [0.15, 0.2) is 0 Å². The molecular formula is C18H21N3O2S. The fourth-order valence-corrected chi connectivity index (χ4v) is 2.79. The predicted octanol–water partition coefficient (Wildman–Crippen LogP) is 3.27. The van der Waals surface area contributed by atoms with E-state index in [0.29, 0.717) is 30.1 Å². The van der Waals surface area contributed by atoms with E-state index >= 15 is 0 Å². The molecule has 0 fully saturated rings. The average Bonchev–Trinajstić information content (AvgIpc) is 3.02. The minimum Gasteiger partial charge on any atom is -0.492 e. The highest BCUT2D eigenvalue weighted by molar-refractivity contribution is 7.14. The van der Waals surface area contributed by atoms with Gasteiger partial charge in [-0.15, -0.1) is 11.3 Å². The van der Waals surface area contributed by atoms with Gasteiger partial charge in [0.1, 0.15) is 23.4 Å². The van der Waals surface area contributed by atoms with Crippen LogP contribution in [0.2, 0.25) is 0 Å². The van der Waals surface area contributed by atoms with Crippen molar-refractivity contribution in [1.82, 2.24) is 4.90 Å². The lowest BCUT2D eigenvalue weighted by molar-refractivity contribution is -0.116. The van der Waals surface area contributed by atoms with Crippen LogP contribution >= 0.6 is 11.3 Å². The van der Waals surface area contributed by atoms with E-state index in [-0.39, 0.29) is 5.91 Å². The number of hydrogen-bond acceptors (Lipinski definition) is 5. The summed E-state index contributed by atoms with van der Waals surface area (Å²) in [6.45, 7) is 3.99. The van der Waals surface area contributed by atoms with Crippen molar-refractivity contribution in [2.24, 2.45) is 0 Å². The maximum absolute atomic E-state index is 11.9. The predicted molar refractivity (Wildman–Crippen MR) is 96.5 cm³/mol. The number of aryl methyl sites for hydroxylation is 1. The Morgan fingerprint density at radius 3 is 2.75 bits per heavy atom. The van der Waals surface area contributed by atoms with Crippen molar-refractivity contribution in [2.45, 2.75) is 13.3 Å². The van der Waals surface area contributed by atoms with Gasteiger partial charge in [-0.25, -0.2) is 0 Å². The first-order valence-corrected chi connectivity index (χ1v) is 8.62. The average molecular weight is 343 g/mol. The van der Waals surface area contributed by atoms with Crippen molar-refractivity contribution < 1.29 is 9.53 Å². The van der Waals surface area contributed by atoms with Crippen LogP contribution in [-0.2, 0) is 4.79 Å². The van der Waals surface area contributed by atoms with Crippen LogP contribution in [0, 0.1) is 18.3 Å². The molecule has 2 rings (SSSR count). The van der Waals surface area contributed by atoms with Crippen molar-refractivity contribution in [3.05, 3.63) is 46.8 Å². The molecule has 0 aliphatic carbocycles. The number of anilines is 1. The first-order chi connectivity index (χ1) is 11.6. The Kier molecular flexibility index (Phi) is 6.79. The molecule has 0 aliphatic heterocycles. The maximum atomic E-state index is 11.9. The van der Waals surface area contributed by atoms with E-state index in [4.69, 9.17) is 10.00 Å². The van der Waals surface area contributed by atoms with Crippen LogP contribution in [0.4, 0.5) is 5.00 Å². The molecule has 1 amide bonds. The van der Waals surface area contributed by atoms with Crippen molar-refractivity contribution in [3.63, 3.8) is 0 Å². The van der Waals surface area contributed by atoms with Gasteiger partial charge in [0.2, 0.25) is 5.91 Å². The SMILES string of the molecule is Cc1ccc(OCCN(C)CCC(=O)Nc2sccc2C#N)cc1. The number of nitrogens with zero attached hydrogens (tertiary/aromatic N) is 2. The smallest absolute Gasteiger partial charge is 0.226 e. The summed E-state index contributed by atoms with van der Waals surface area (Å²) in [4.78, 5) is 14.0. The standard InChI is InChI=1S/C18H21N3O2S/c1-14-3-5-16(6-4-14)23-11-10-21(2)9-7-17(22)20-18-15(13-19)8-12-24-18/h3-6,8,12H,7,9-11H2,1-2H3,(H,20,22). The molecule has 1 N–H and O–H groups in total. The zero-order chi connectivity index (χ0) is 17.4. The van der Waals surface area contributed by atoms with E-state index < -0.39 is 0 Å². The molecule has 0 bridgehead atoms. The normalized spacial score (nSPS) is 10.4. The van der Waals surface area contributed by atoms with Crippen LogP contribution in [0.1, 0.15) is 17.5 Å². The van der Waals surface area contributed by atoms with Gasteiger partial charge >= 0.3 is 0 Å². The summed E-state index contributed by atoms with van der Waals surface area (Å²) in [6.07, 6.45) is 0.379. The molecule has 0 spiro atoms. The number of amides is 1. The van der Waals surface area contributed by atoms with Gasteiger partial charge in [-0.2, -0.15) is 5.26 Å². The molecule has 0 saturated carbocycles. The summed E-state index contributed by atoms with van der Waals surface area (Å²) < 4.78 is 5.68. The third-order valence-corrected chi connectivity index (χ3v) is 4.35. The molecule has 24 heavy (non-hydrogen) atoms. The summed E-state index contributed by atoms with van der Waals surface area (Å²) in [5, 5.41) is 14.1. The van der Waals surface area contributed by atoms with Crippen molar-refractivity contribution in [3.8, 4) is 11.8 Å². The lowest BCUT2D eigenvalue weighted by atomic mass is 10.2. The highest BCUT2D eigenvalue weighted by Crippen LogP contribution is 2.22. The van der Waals surface area contributed by atoms with Gasteiger partial charge in [-0.3, -0.25) is 4.79 Å². The number of rotatable bonds is 8. The summed E-state index contributed by atoms with van der Waals surface area (Å²) in [6, 6.07) is 11.7. The summed E-state index contributed by atoms with van der Waals surface area (Å²) in [7, 11) is 1.96. The van der Waals surface area contributed by atoms with Gasteiger partial charge in [0.25, 0.3) is 0 Å². The Hall–Kier alpha value is -2.36. The Bertz CT molecular complexity index is 704. The monoisotopic (exact) mass is 343 g/mol. The largest absolute Gasteiger partial charge is 0.492 e. The highest BCUT2D eigenvalue weighted by Gasteiger charge is 2.09. The van der Waals surface area contributed by atoms with Crippen LogP contribution in [-0.4, -0.2) is 37.6 Å². The molecular weight excluding hydrogens is 322 g/mol. The Balaban J connectivity index is 1.65.